The molecule has 7 heteroatoms. The molecule has 16 heavy (non-hydrogen) atoms. The summed E-state index contributed by atoms with van der Waals surface area (Å²) in [6.07, 6.45) is -3.69. The molecule has 0 aliphatic rings. The summed E-state index contributed by atoms with van der Waals surface area (Å²) < 4.78 is 52.9. The molecule has 90 valence electrons. The maximum Gasteiger partial charge on any atom is 0.422 e. The number of rotatable bonds is 3. The number of nitrogens with zero attached hydrogens (tertiary/aromatic N) is 1. The number of hydrogen-bond donors (Lipinski definition) is 1. The van der Waals surface area contributed by atoms with Crippen LogP contribution in [0.25, 0.3) is 0 Å². The highest BCUT2D eigenvalue weighted by Gasteiger charge is 2.29. The summed E-state index contributed by atoms with van der Waals surface area (Å²) in [7, 11) is 0. The fraction of sp³-hybridized carbons (Fsp3) is 0.444. The van der Waals surface area contributed by atoms with E-state index in [0.717, 1.165) is 12.3 Å². The number of ether oxygens (including phenoxy) is 1. The Labute approximate surface area is 89.2 Å². The number of halogens is 4. The van der Waals surface area contributed by atoms with Crippen LogP contribution in [0.4, 0.5) is 17.6 Å². The Morgan fingerprint density at radius 3 is 2.62 bits per heavy atom. The molecule has 3 nitrogen and oxygen atoms in total. The summed E-state index contributed by atoms with van der Waals surface area (Å²) in [4.78, 5) is 3.43. The van der Waals surface area contributed by atoms with E-state index < -0.39 is 24.6 Å². The smallest absolute Gasteiger partial charge is 0.422 e. The van der Waals surface area contributed by atoms with Crippen LogP contribution < -0.4 is 10.5 Å². The number of aromatic nitrogens is 1. The van der Waals surface area contributed by atoms with Crippen LogP contribution in [-0.4, -0.2) is 17.8 Å². The van der Waals surface area contributed by atoms with Gasteiger partial charge in [0.05, 0.1) is 6.20 Å². The quantitative estimate of drug-likeness (QED) is 0.821. The average Bonchev–Trinajstić information content (AvgIpc) is 2.14. The minimum absolute atomic E-state index is 0.101. The topological polar surface area (TPSA) is 48.1 Å². The van der Waals surface area contributed by atoms with Crippen molar-refractivity contribution in [1.82, 2.24) is 4.98 Å². The van der Waals surface area contributed by atoms with Crippen LogP contribution in [0.5, 0.6) is 5.88 Å². The summed E-state index contributed by atoms with van der Waals surface area (Å²) in [5.41, 5.74) is 5.56. The molecule has 2 N–H and O–H groups in total. The predicted octanol–water partition coefficient (Wildman–Crippen LogP) is 2.18. The number of nitrogens with two attached hydrogens (primary N) is 1. The summed E-state index contributed by atoms with van der Waals surface area (Å²) >= 11 is 0. The van der Waals surface area contributed by atoms with Crippen molar-refractivity contribution in [2.75, 3.05) is 6.61 Å². The van der Waals surface area contributed by atoms with Crippen LogP contribution in [0.2, 0.25) is 0 Å². The van der Waals surface area contributed by atoms with Gasteiger partial charge in [0.2, 0.25) is 5.88 Å². The van der Waals surface area contributed by atoms with Gasteiger partial charge < -0.3 is 10.5 Å². The Hall–Kier alpha value is -1.37. The standard InChI is InChI=1S/C9H10F4N2O/c1-5(14)7-2-6(10)3-15-8(7)16-4-9(11,12)13/h2-3,5H,4,14H2,1H3/t5-/m1/s1. The van der Waals surface area contributed by atoms with Gasteiger partial charge in [0.1, 0.15) is 5.82 Å². The van der Waals surface area contributed by atoms with Gasteiger partial charge in [-0.15, -0.1) is 0 Å². The highest BCUT2D eigenvalue weighted by atomic mass is 19.4. The van der Waals surface area contributed by atoms with E-state index in [9.17, 15) is 17.6 Å². The van der Waals surface area contributed by atoms with Crippen LogP contribution in [0, 0.1) is 5.82 Å². The molecule has 0 saturated carbocycles. The lowest BCUT2D eigenvalue weighted by Crippen LogP contribution is -2.21. The van der Waals surface area contributed by atoms with Crippen molar-refractivity contribution in [3.05, 3.63) is 23.6 Å². The molecule has 1 rings (SSSR count). The third kappa shape index (κ3) is 3.65. The second-order valence-electron chi connectivity index (χ2n) is 3.24. The van der Waals surface area contributed by atoms with E-state index in [4.69, 9.17) is 5.73 Å². The lowest BCUT2D eigenvalue weighted by atomic mass is 10.1. The van der Waals surface area contributed by atoms with Gasteiger partial charge in [-0.05, 0) is 13.0 Å². The number of alkyl halides is 3. The van der Waals surface area contributed by atoms with E-state index in [2.05, 4.69) is 9.72 Å². The zero-order valence-electron chi connectivity index (χ0n) is 8.38. The molecule has 1 atom stereocenters. The number of hydrogen-bond acceptors (Lipinski definition) is 3. The lowest BCUT2D eigenvalue weighted by molar-refractivity contribution is -0.154. The van der Waals surface area contributed by atoms with Crippen molar-refractivity contribution in [3.8, 4) is 5.88 Å². The van der Waals surface area contributed by atoms with Crippen molar-refractivity contribution in [2.24, 2.45) is 5.73 Å². The van der Waals surface area contributed by atoms with Crippen LogP contribution >= 0.6 is 0 Å². The minimum Gasteiger partial charge on any atom is -0.468 e. The average molecular weight is 238 g/mol. The van der Waals surface area contributed by atoms with E-state index in [1.54, 1.807) is 0 Å². The SMILES string of the molecule is C[C@@H](N)c1cc(F)cnc1OCC(F)(F)F. The molecule has 0 amide bonds. The molecule has 0 aliphatic heterocycles. The Morgan fingerprint density at radius 2 is 2.12 bits per heavy atom. The van der Waals surface area contributed by atoms with E-state index in [1.165, 1.54) is 6.92 Å². The van der Waals surface area contributed by atoms with Crippen LogP contribution in [0.3, 0.4) is 0 Å². The van der Waals surface area contributed by atoms with Crippen LogP contribution in [-0.2, 0) is 0 Å². The van der Waals surface area contributed by atoms with E-state index in [-0.39, 0.29) is 11.4 Å². The lowest BCUT2D eigenvalue weighted by Gasteiger charge is -2.13. The van der Waals surface area contributed by atoms with E-state index in [0.29, 0.717) is 0 Å². The highest BCUT2D eigenvalue weighted by Crippen LogP contribution is 2.24. The first-order chi connectivity index (χ1) is 7.29. The summed E-state index contributed by atoms with van der Waals surface area (Å²) in [5, 5.41) is 0. The molecule has 0 fully saturated rings. The van der Waals surface area contributed by atoms with Crippen molar-refractivity contribution in [3.63, 3.8) is 0 Å². The van der Waals surface area contributed by atoms with Gasteiger partial charge in [-0.25, -0.2) is 9.37 Å². The normalized spacial score (nSPS) is 13.6. The zero-order valence-corrected chi connectivity index (χ0v) is 8.38. The van der Waals surface area contributed by atoms with Crippen molar-refractivity contribution < 1.29 is 22.3 Å². The van der Waals surface area contributed by atoms with Gasteiger partial charge in [0.25, 0.3) is 0 Å². The molecule has 0 aromatic carbocycles. The van der Waals surface area contributed by atoms with Gasteiger partial charge in [-0.2, -0.15) is 13.2 Å². The fourth-order valence-electron chi connectivity index (χ4n) is 1.04. The van der Waals surface area contributed by atoms with Crippen molar-refractivity contribution in [1.29, 1.82) is 0 Å². The molecular formula is C9H10F4N2O. The fourth-order valence-corrected chi connectivity index (χ4v) is 1.04. The second-order valence-corrected chi connectivity index (χ2v) is 3.24. The van der Waals surface area contributed by atoms with Gasteiger partial charge in [0, 0.05) is 11.6 Å². The first kappa shape index (κ1) is 12.7. The molecular weight excluding hydrogens is 228 g/mol. The number of pyridine rings is 1. The van der Waals surface area contributed by atoms with E-state index in [1.807, 2.05) is 0 Å². The van der Waals surface area contributed by atoms with Gasteiger partial charge in [0.15, 0.2) is 6.61 Å². The summed E-state index contributed by atoms with van der Waals surface area (Å²) in [6, 6.07) is 0.343. The maximum absolute atomic E-state index is 12.8. The summed E-state index contributed by atoms with van der Waals surface area (Å²) in [6.45, 7) is 0.0161. The molecule has 0 saturated heterocycles. The van der Waals surface area contributed by atoms with Crippen molar-refractivity contribution >= 4 is 0 Å². The Balaban J connectivity index is 2.87. The van der Waals surface area contributed by atoms with Gasteiger partial charge in [-0.3, -0.25) is 0 Å². The van der Waals surface area contributed by atoms with Crippen LogP contribution in [0.1, 0.15) is 18.5 Å². The molecule has 0 spiro atoms. The first-order valence-corrected chi connectivity index (χ1v) is 4.40. The van der Waals surface area contributed by atoms with Gasteiger partial charge in [-0.1, -0.05) is 0 Å². The minimum atomic E-state index is -4.47. The zero-order chi connectivity index (χ0) is 12.3. The second kappa shape index (κ2) is 4.65. The Morgan fingerprint density at radius 1 is 1.50 bits per heavy atom. The van der Waals surface area contributed by atoms with Crippen LogP contribution in [0.15, 0.2) is 12.3 Å². The van der Waals surface area contributed by atoms with E-state index >= 15 is 0 Å². The third-order valence-corrected chi connectivity index (χ3v) is 1.71. The Kier molecular flexibility index (Phi) is 3.69. The molecule has 1 heterocycles. The predicted molar refractivity (Wildman–Crippen MR) is 48.3 cm³/mol. The molecule has 0 radical (unpaired) electrons. The van der Waals surface area contributed by atoms with Crippen molar-refractivity contribution in [2.45, 2.75) is 19.1 Å². The monoisotopic (exact) mass is 238 g/mol. The Bertz CT molecular complexity index is 365. The first-order valence-electron chi connectivity index (χ1n) is 4.40. The molecule has 0 aliphatic carbocycles. The third-order valence-electron chi connectivity index (χ3n) is 1.71. The molecule has 0 bridgehead atoms. The summed E-state index contributed by atoms with van der Waals surface area (Å²) in [5.74, 6) is -0.972. The maximum atomic E-state index is 12.8. The largest absolute Gasteiger partial charge is 0.468 e. The molecule has 1 aromatic heterocycles. The molecule has 0 unspecified atom stereocenters. The molecule has 1 aromatic rings. The van der Waals surface area contributed by atoms with Gasteiger partial charge >= 0.3 is 6.18 Å². The highest BCUT2D eigenvalue weighted by molar-refractivity contribution is 5.28.